The van der Waals surface area contributed by atoms with Crippen molar-refractivity contribution in [2.24, 2.45) is 0 Å². The first-order valence-electron chi connectivity index (χ1n) is 30.2. The average Bonchev–Trinajstić information content (AvgIpc) is 3.81. The predicted molar refractivity (Wildman–Crippen MR) is 346 cm³/mol. The summed E-state index contributed by atoms with van der Waals surface area (Å²) in [5.41, 5.74) is 27.5. The molecule has 0 amide bonds. The van der Waals surface area contributed by atoms with Crippen molar-refractivity contribution >= 4 is 68.6 Å². The number of fused-ring (bicyclic) bond motifs is 8. The van der Waals surface area contributed by atoms with E-state index >= 15 is 0 Å². The fourth-order valence-electron chi connectivity index (χ4n) is 15.3. The Labute approximate surface area is 480 Å². The molecule has 0 bridgehead atoms. The van der Waals surface area contributed by atoms with Gasteiger partial charge in [-0.25, -0.2) is 0 Å². The molecule has 2 aliphatic carbocycles. The summed E-state index contributed by atoms with van der Waals surface area (Å²) in [6, 6.07) is 65.0. The van der Waals surface area contributed by atoms with Crippen LogP contribution < -0.4 is 31.1 Å². The van der Waals surface area contributed by atoms with E-state index in [0.29, 0.717) is 0 Å². The van der Waals surface area contributed by atoms with Crippen LogP contribution in [-0.4, -0.2) is 12.3 Å². The molecule has 0 saturated heterocycles. The zero-order chi connectivity index (χ0) is 56.3. The van der Waals surface area contributed by atoms with Crippen molar-refractivity contribution in [3.8, 4) is 22.3 Å². The first-order chi connectivity index (χ1) is 37.8. The van der Waals surface area contributed by atoms with Crippen molar-refractivity contribution in [3.05, 3.63) is 197 Å². The second-order valence-corrected chi connectivity index (χ2v) is 29.6. The van der Waals surface area contributed by atoms with Gasteiger partial charge < -0.3 is 14.7 Å². The Morgan fingerprint density at radius 1 is 0.375 bits per heavy atom. The minimum Gasteiger partial charge on any atom is -0.334 e. The Morgan fingerprint density at radius 3 is 1.52 bits per heavy atom. The van der Waals surface area contributed by atoms with Gasteiger partial charge in [-0.15, -0.1) is 0 Å². The molecule has 3 aliphatic heterocycles. The Hall–Kier alpha value is -6.78. The minimum absolute atomic E-state index is 0.00498. The molecule has 5 aliphatic rings. The van der Waals surface area contributed by atoms with E-state index in [4.69, 9.17) is 0 Å². The molecule has 4 heteroatoms. The maximum atomic E-state index is 2.84. The van der Waals surface area contributed by atoms with Crippen LogP contribution in [0.1, 0.15) is 176 Å². The molecule has 8 aromatic rings. The van der Waals surface area contributed by atoms with Crippen LogP contribution in [-0.2, 0) is 32.5 Å². The number of hydrogen-bond acceptors (Lipinski definition) is 3. The number of hydrogen-bond donors (Lipinski definition) is 0. The van der Waals surface area contributed by atoms with Gasteiger partial charge in [0.1, 0.15) is 0 Å². The SMILES string of the molecule is CC(C)(C)c1ccc(N2c3ccc(C(C)(C)C)cc3B3c4cc5c(cc4N(c4ccc(C(C)(C)C)cc4-c4ccccc4)c4cc(N6c7ccc(-c8ccccc8)cc7C7(C)CCCCC67C)cc2c43)C(C)(C)CCC5(C)C)cc1. The van der Waals surface area contributed by atoms with Gasteiger partial charge in [0.25, 0.3) is 6.71 Å². The topological polar surface area (TPSA) is 9.72 Å². The highest BCUT2D eigenvalue weighted by Gasteiger charge is 2.58. The van der Waals surface area contributed by atoms with E-state index in [2.05, 4.69) is 282 Å². The van der Waals surface area contributed by atoms with E-state index in [0.717, 1.165) is 25.7 Å². The summed E-state index contributed by atoms with van der Waals surface area (Å²) in [6.45, 7) is 36.4. The Morgan fingerprint density at radius 2 is 0.900 bits per heavy atom. The normalized spacial score (nSPS) is 20.6. The predicted octanol–water partition coefficient (Wildman–Crippen LogP) is 19.1. The highest BCUT2D eigenvalue weighted by molar-refractivity contribution is 7.00. The second-order valence-electron chi connectivity index (χ2n) is 29.6. The Balaban J connectivity index is 1.19. The van der Waals surface area contributed by atoms with Gasteiger partial charge >= 0.3 is 0 Å². The first-order valence-corrected chi connectivity index (χ1v) is 30.2. The largest absolute Gasteiger partial charge is 0.334 e. The standard InChI is InChI=1S/C76H84BN3/c1-70(2,3)52-29-33-55(34-30-52)78-65-37-32-54(72(7,8)9)44-61(65)77-62-47-58-59(74(12,13)41-40-73(58,10)11)48-66(62)79(63-36-31-53(71(4,5)6)43-57(63)50-26-20-17-21-27-50)68-46-56(45-67(78)69(68)77)80-64-35-28-51(49-24-18-16-19-25-49)42-60(64)75(14)38-22-23-39-76(75,80)15/h16-21,24-37,42-48H,22-23,38-41H2,1-15H3. The summed E-state index contributed by atoms with van der Waals surface area (Å²) in [4.78, 5) is 8.27. The maximum absolute atomic E-state index is 2.84. The maximum Gasteiger partial charge on any atom is 0.252 e. The van der Waals surface area contributed by atoms with Crippen molar-refractivity contribution < 1.29 is 0 Å². The molecule has 0 aromatic heterocycles. The van der Waals surface area contributed by atoms with Gasteiger partial charge in [0, 0.05) is 50.8 Å². The van der Waals surface area contributed by atoms with Gasteiger partial charge in [0.05, 0.1) is 11.2 Å². The molecule has 1 fully saturated rings. The summed E-state index contributed by atoms with van der Waals surface area (Å²) >= 11 is 0. The summed E-state index contributed by atoms with van der Waals surface area (Å²) in [5, 5.41) is 0. The lowest BCUT2D eigenvalue weighted by molar-refractivity contribution is 0.195. The third-order valence-electron chi connectivity index (χ3n) is 20.5. The second kappa shape index (κ2) is 17.9. The number of anilines is 8. The molecule has 0 radical (unpaired) electrons. The van der Waals surface area contributed by atoms with Crippen LogP contribution in [0.25, 0.3) is 22.3 Å². The van der Waals surface area contributed by atoms with Gasteiger partial charge in [-0.1, -0.05) is 213 Å². The number of nitrogens with zero attached hydrogens (tertiary/aromatic N) is 3. The van der Waals surface area contributed by atoms with Gasteiger partial charge in [-0.2, -0.15) is 0 Å². The summed E-state index contributed by atoms with van der Waals surface area (Å²) in [6.07, 6.45) is 7.00. The van der Waals surface area contributed by atoms with E-state index in [9.17, 15) is 0 Å². The lowest BCUT2D eigenvalue weighted by Gasteiger charge is -2.51. The lowest BCUT2D eigenvalue weighted by atomic mass is 9.33. The van der Waals surface area contributed by atoms with Crippen LogP contribution in [0.3, 0.4) is 0 Å². The smallest absolute Gasteiger partial charge is 0.252 e. The molecular weight excluding hydrogens is 966 g/mol. The van der Waals surface area contributed by atoms with Crippen molar-refractivity contribution in [3.63, 3.8) is 0 Å². The van der Waals surface area contributed by atoms with Crippen molar-refractivity contribution in [2.75, 3.05) is 14.7 Å². The third kappa shape index (κ3) is 8.02. The van der Waals surface area contributed by atoms with E-state index in [1.165, 1.54) is 130 Å². The van der Waals surface area contributed by atoms with Crippen molar-refractivity contribution in [2.45, 2.75) is 180 Å². The quantitative estimate of drug-likeness (QED) is 0.159. The molecule has 0 spiro atoms. The highest BCUT2D eigenvalue weighted by atomic mass is 15.3. The van der Waals surface area contributed by atoms with Crippen LogP contribution >= 0.6 is 0 Å². The minimum atomic E-state index is -0.188. The van der Waals surface area contributed by atoms with Crippen LogP contribution in [0.2, 0.25) is 0 Å². The van der Waals surface area contributed by atoms with Gasteiger partial charge in [-0.05, 0) is 187 Å². The van der Waals surface area contributed by atoms with Crippen LogP contribution in [0.4, 0.5) is 45.5 Å². The Bertz CT molecular complexity index is 3770. The number of benzene rings is 8. The molecule has 13 rings (SSSR count). The third-order valence-corrected chi connectivity index (χ3v) is 20.5. The van der Waals surface area contributed by atoms with E-state index in [1.54, 1.807) is 0 Å². The molecular formula is C76H84BN3. The summed E-state index contributed by atoms with van der Waals surface area (Å²) < 4.78 is 0. The lowest BCUT2D eigenvalue weighted by Crippen LogP contribution is -2.62. The highest BCUT2D eigenvalue weighted by Crippen LogP contribution is 2.63. The fourth-order valence-corrected chi connectivity index (χ4v) is 15.3. The Kier molecular flexibility index (Phi) is 11.7. The van der Waals surface area contributed by atoms with Gasteiger partial charge in [0.2, 0.25) is 0 Å². The molecule has 8 aromatic carbocycles. The zero-order valence-electron chi connectivity index (χ0n) is 50.8. The molecule has 1 saturated carbocycles. The molecule has 3 nitrogen and oxygen atoms in total. The molecule has 0 N–H and O–H groups in total. The van der Waals surface area contributed by atoms with Crippen molar-refractivity contribution in [1.82, 2.24) is 0 Å². The van der Waals surface area contributed by atoms with Crippen molar-refractivity contribution in [1.29, 1.82) is 0 Å². The van der Waals surface area contributed by atoms with Crippen LogP contribution in [0.5, 0.6) is 0 Å². The summed E-state index contributed by atoms with van der Waals surface area (Å²) in [5.74, 6) is 0. The van der Waals surface area contributed by atoms with E-state index in [1.807, 2.05) is 0 Å². The molecule has 406 valence electrons. The van der Waals surface area contributed by atoms with E-state index in [-0.39, 0.29) is 44.7 Å². The molecule has 3 heterocycles. The fraction of sp³-hybridized carbons (Fsp3) is 0.368. The molecule has 2 unspecified atom stereocenters. The average molecular weight is 1050 g/mol. The van der Waals surface area contributed by atoms with Gasteiger partial charge in [-0.3, -0.25) is 0 Å². The number of rotatable bonds is 5. The van der Waals surface area contributed by atoms with Gasteiger partial charge in [0.15, 0.2) is 0 Å². The summed E-state index contributed by atoms with van der Waals surface area (Å²) in [7, 11) is 0. The van der Waals surface area contributed by atoms with Crippen LogP contribution in [0.15, 0.2) is 164 Å². The molecule has 80 heavy (non-hydrogen) atoms. The first kappa shape index (κ1) is 52.6. The van der Waals surface area contributed by atoms with E-state index < -0.39 is 0 Å². The monoisotopic (exact) mass is 1050 g/mol. The van der Waals surface area contributed by atoms with Crippen LogP contribution in [0, 0.1) is 0 Å². The zero-order valence-corrected chi connectivity index (χ0v) is 50.8. The molecule has 2 atom stereocenters.